The second-order valence-electron chi connectivity index (χ2n) is 9.63. The molecule has 2 saturated carbocycles. The maximum atomic E-state index is 2.76. The molecular formula is C20H30Te2. The minimum absolute atomic E-state index is 0.113. The summed E-state index contributed by atoms with van der Waals surface area (Å²) in [6, 6.07) is 0. The van der Waals surface area contributed by atoms with Crippen LogP contribution in [0.1, 0.15) is 67.2 Å². The summed E-state index contributed by atoms with van der Waals surface area (Å²) < 4.78 is 3.96. The fraction of sp³-hybridized carbons (Fsp3) is 0.800. The van der Waals surface area contributed by atoms with E-state index in [9.17, 15) is 0 Å². The third-order valence-corrected chi connectivity index (χ3v) is 21.7. The Morgan fingerprint density at radius 1 is 0.727 bits per heavy atom. The zero-order valence-electron chi connectivity index (χ0n) is 15.0. The average Bonchev–Trinajstić information content (AvgIpc) is 2.95. The van der Waals surface area contributed by atoms with Crippen molar-refractivity contribution in [3.63, 3.8) is 0 Å². The summed E-state index contributed by atoms with van der Waals surface area (Å²) in [4.78, 5) is 0. The molecule has 0 aromatic carbocycles. The Kier molecular flexibility index (Phi) is 3.62. The Labute approximate surface area is 153 Å². The van der Waals surface area contributed by atoms with Crippen LogP contribution < -0.4 is 0 Å². The quantitative estimate of drug-likeness (QED) is 0.456. The van der Waals surface area contributed by atoms with Crippen LogP contribution in [0.3, 0.4) is 0 Å². The molecule has 0 aromatic rings. The first-order chi connectivity index (χ1) is 10.1. The standard InChI is InChI=1S/C20H30Te2/c1-17(2)13-7-9-19(17,5)15(11-13)21-22-16-12-14-8-10-20(16,6)18(14,3)4/h11-14H,7-10H2,1-6H3/t13-,14-,19+,20+/m1/s1. The fourth-order valence-corrected chi connectivity index (χ4v) is 23.1. The van der Waals surface area contributed by atoms with Crippen molar-refractivity contribution < 1.29 is 0 Å². The van der Waals surface area contributed by atoms with E-state index in [1.807, 2.05) is 7.24 Å². The van der Waals surface area contributed by atoms with Crippen molar-refractivity contribution in [1.82, 2.24) is 0 Å². The molecule has 4 aliphatic carbocycles. The SMILES string of the molecule is CC1(C)[C@H]2C=C([Te][Te]C3=C[C@H]4CC[C@]3(C)C4(C)C)[C@]1(C)CC2. The van der Waals surface area contributed by atoms with Crippen LogP contribution in [0.15, 0.2) is 19.4 Å². The summed E-state index contributed by atoms with van der Waals surface area (Å²) in [5, 5.41) is 0. The molecule has 4 rings (SSSR count). The van der Waals surface area contributed by atoms with Crippen molar-refractivity contribution in [2.45, 2.75) is 67.2 Å². The summed E-state index contributed by atoms with van der Waals surface area (Å²) in [7, 11) is 0. The molecule has 0 amide bonds. The molecule has 0 aromatic heterocycles. The third-order valence-electron chi connectivity index (χ3n) is 8.62. The van der Waals surface area contributed by atoms with Gasteiger partial charge in [0.1, 0.15) is 0 Å². The van der Waals surface area contributed by atoms with E-state index in [0.717, 1.165) is 11.8 Å². The summed E-state index contributed by atoms with van der Waals surface area (Å²) in [5.41, 5.74) is 2.23. The topological polar surface area (TPSA) is 0 Å². The molecule has 0 unspecified atom stereocenters. The molecule has 0 aliphatic heterocycles. The first-order valence-electron chi connectivity index (χ1n) is 8.92. The molecule has 0 nitrogen and oxygen atoms in total. The number of allylic oxidation sites excluding steroid dienone is 4. The molecule has 4 aliphatic rings. The zero-order valence-corrected chi connectivity index (χ0v) is 19.6. The summed E-state index contributed by atoms with van der Waals surface area (Å²) in [6.45, 7) is 15.4. The van der Waals surface area contributed by atoms with E-state index in [1.54, 1.807) is 0 Å². The van der Waals surface area contributed by atoms with Crippen LogP contribution in [0.5, 0.6) is 0 Å². The Morgan fingerprint density at radius 2 is 1.09 bits per heavy atom. The van der Waals surface area contributed by atoms with Gasteiger partial charge in [0.05, 0.1) is 0 Å². The van der Waals surface area contributed by atoms with Crippen LogP contribution in [0, 0.1) is 33.5 Å². The van der Waals surface area contributed by atoms with Gasteiger partial charge in [0, 0.05) is 0 Å². The van der Waals surface area contributed by atoms with E-state index in [0.29, 0.717) is 21.7 Å². The molecule has 0 radical (unpaired) electrons. The third kappa shape index (κ3) is 1.83. The number of hydrogen-bond acceptors (Lipinski definition) is 0. The van der Waals surface area contributed by atoms with Gasteiger partial charge in [0.25, 0.3) is 0 Å². The van der Waals surface area contributed by atoms with Crippen LogP contribution in [-0.4, -0.2) is 34.1 Å². The van der Waals surface area contributed by atoms with Crippen molar-refractivity contribution in [3.05, 3.63) is 19.4 Å². The molecule has 4 bridgehead atoms. The second-order valence-corrected chi connectivity index (χ2v) is 19.5. The van der Waals surface area contributed by atoms with Crippen molar-refractivity contribution in [2.24, 2.45) is 33.5 Å². The molecule has 122 valence electrons. The van der Waals surface area contributed by atoms with E-state index in [2.05, 4.69) is 53.7 Å². The second kappa shape index (κ2) is 4.82. The van der Waals surface area contributed by atoms with Gasteiger partial charge in [-0.05, 0) is 0 Å². The van der Waals surface area contributed by atoms with Crippen molar-refractivity contribution in [1.29, 1.82) is 0 Å². The number of hydrogen-bond donors (Lipinski definition) is 0. The Bertz CT molecular complexity index is 531. The molecule has 2 heteroatoms. The van der Waals surface area contributed by atoms with Crippen LogP contribution in [0.4, 0.5) is 0 Å². The van der Waals surface area contributed by atoms with Crippen LogP contribution in [0.2, 0.25) is 0 Å². The Morgan fingerprint density at radius 3 is 1.32 bits per heavy atom. The van der Waals surface area contributed by atoms with E-state index in [4.69, 9.17) is 0 Å². The Balaban J connectivity index is 1.52. The molecule has 22 heavy (non-hydrogen) atoms. The van der Waals surface area contributed by atoms with Gasteiger partial charge in [0.2, 0.25) is 0 Å². The summed E-state index contributed by atoms with van der Waals surface area (Å²) >= 11 is 0.226. The van der Waals surface area contributed by atoms with E-state index in [-0.39, 0.29) is 34.1 Å². The van der Waals surface area contributed by atoms with Gasteiger partial charge in [-0.3, -0.25) is 0 Å². The van der Waals surface area contributed by atoms with Gasteiger partial charge in [-0.15, -0.1) is 0 Å². The van der Waals surface area contributed by atoms with Crippen LogP contribution >= 0.6 is 0 Å². The molecule has 4 atom stereocenters. The van der Waals surface area contributed by atoms with Gasteiger partial charge < -0.3 is 0 Å². The summed E-state index contributed by atoms with van der Waals surface area (Å²) in [6.07, 6.45) is 11.4. The van der Waals surface area contributed by atoms with Crippen LogP contribution in [-0.2, 0) is 0 Å². The molecule has 2 fully saturated rings. The van der Waals surface area contributed by atoms with Gasteiger partial charge in [-0.2, -0.15) is 0 Å². The monoisotopic (exact) mass is 530 g/mol. The normalized spacial score (nSPS) is 47.0. The van der Waals surface area contributed by atoms with Gasteiger partial charge in [-0.1, -0.05) is 0 Å². The molecule has 0 N–H and O–H groups in total. The predicted octanol–water partition coefficient (Wildman–Crippen LogP) is 4.99. The van der Waals surface area contributed by atoms with Crippen molar-refractivity contribution >= 4 is 34.1 Å². The van der Waals surface area contributed by atoms with Crippen molar-refractivity contribution in [2.75, 3.05) is 0 Å². The Hall–Kier alpha value is 1.06. The van der Waals surface area contributed by atoms with Gasteiger partial charge >= 0.3 is 154 Å². The molecule has 0 heterocycles. The molecule has 0 spiro atoms. The minimum atomic E-state index is 0.113. The van der Waals surface area contributed by atoms with Gasteiger partial charge in [-0.25, -0.2) is 0 Å². The number of rotatable bonds is 3. The summed E-state index contributed by atoms with van der Waals surface area (Å²) in [5.74, 6) is 1.79. The fourth-order valence-electron chi connectivity index (χ4n) is 5.60. The maximum absolute atomic E-state index is 2.76. The van der Waals surface area contributed by atoms with E-state index < -0.39 is 0 Å². The van der Waals surface area contributed by atoms with Crippen LogP contribution in [0.25, 0.3) is 0 Å². The zero-order chi connectivity index (χ0) is 16.0. The molecule has 0 saturated heterocycles. The van der Waals surface area contributed by atoms with E-state index >= 15 is 0 Å². The van der Waals surface area contributed by atoms with E-state index in [1.165, 1.54) is 25.7 Å². The first kappa shape index (κ1) is 16.5. The van der Waals surface area contributed by atoms with Gasteiger partial charge in [0.15, 0.2) is 0 Å². The predicted molar refractivity (Wildman–Crippen MR) is 96.9 cm³/mol. The average molecular weight is 526 g/mol. The first-order valence-corrected chi connectivity index (χ1v) is 18.6. The van der Waals surface area contributed by atoms with Crippen molar-refractivity contribution in [3.8, 4) is 0 Å². The molecular weight excluding hydrogens is 495 g/mol. The number of fused-ring (bicyclic) bond motifs is 4.